The minimum atomic E-state index is -0.0928. The van der Waals surface area contributed by atoms with Crippen molar-refractivity contribution in [3.05, 3.63) is 65.1 Å². The van der Waals surface area contributed by atoms with E-state index in [-0.39, 0.29) is 17.6 Å². The van der Waals surface area contributed by atoms with Gasteiger partial charge in [-0.25, -0.2) is 14.6 Å². The van der Waals surface area contributed by atoms with Gasteiger partial charge in [-0.1, -0.05) is 0 Å². The standard InChI is InChI=1S/C20H19N7O/c21-12-18-20(24-11-10-23-18)25-15-3-5-16(6-4-15)27-19(28)8-7-17(26-27)14-2-1-9-22-13-14/h1-2,7-11,13,15-16H,3-6H2,(H,24,25). The molecular formula is C20H19N7O. The highest BCUT2D eigenvalue weighted by Gasteiger charge is 2.25. The zero-order chi connectivity index (χ0) is 19.3. The Bertz CT molecular complexity index is 1050. The maximum absolute atomic E-state index is 12.4. The summed E-state index contributed by atoms with van der Waals surface area (Å²) in [4.78, 5) is 24.7. The highest BCUT2D eigenvalue weighted by Crippen LogP contribution is 2.29. The summed E-state index contributed by atoms with van der Waals surface area (Å²) in [7, 11) is 0. The Morgan fingerprint density at radius 2 is 1.89 bits per heavy atom. The lowest BCUT2D eigenvalue weighted by molar-refractivity contribution is 0.304. The van der Waals surface area contributed by atoms with Crippen molar-refractivity contribution in [3.8, 4) is 17.3 Å². The predicted molar refractivity (Wildman–Crippen MR) is 103 cm³/mol. The molecule has 0 bridgehead atoms. The van der Waals surface area contributed by atoms with Crippen LogP contribution in [0.5, 0.6) is 0 Å². The highest BCUT2D eigenvalue weighted by molar-refractivity contribution is 5.56. The summed E-state index contributed by atoms with van der Waals surface area (Å²) in [6.45, 7) is 0. The van der Waals surface area contributed by atoms with Crippen LogP contribution in [0.2, 0.25) is 0 Å². The molecule has 1 aliphatic rings. The van der Waals surface area contributed by atoms with Crippen molar-refractivity contribution in [3.63, 3.8) is 0 Å². The summed E-state index contributed by atoms with van der Waals surface area (Å²) in [5, 5.41) is 17.0. The molecule has 0 amide bonds. The molecule has 0 aromatic carbocycles. The molecule has 3 aromatic rings. The smallest absolute Gasteiger partial charge is 0.267 e. The molecule has 3 heterocycles. The number of hydrogen-bond donors (Lipinski definition) is 1. The summed E-state index contributed by atoms with van der Waals surface area (Å²) in [6, 6.07) is 9.39. The Kier molecular flexibility index (Phi) is 5.06. The van der Waals surface area contributed by atoms with Crippen LogP contribution in [-0.2, 0) is 0 Å². The Morgan fingerprint density at radius 1 is 1.07 bits per heavy atom. The van der Waals surface area contributed by atoms with E-state index in [9.17, 15) is 4.79 Å². The van der Waals surface area contributed by atoms with Crippen LogP contribution in [0.1, 0.15) is 37.4 Å². The van der Waals surface area contributed by atoms with Crippen molar-refractivity contribution in [2.75, 3.05) is 5.32 Å². The minimum Gasteiger partial charge on any atom is -0.365 e. The molecule has 4 rings (SSSR count). The average Bonchev–Trinajstić information content (AvgIpc) is 2.76. The topological polar surface area (TPSA) is 109 Å². The lowest BCUT2D eigenvalue weighted by Crippen LogP contribution is -2.33. The molecule has 1 aliphatic carbocycles. The maximum Gasteiger partial charge on any atom is 0.267 e. The van der Waals surface area contributed by atoms with Gasteiger partial charge in [0.2, 0.25) is 0 Å². The number of nitriles is 1. The summed E-state index contributed by atoms with van der Waals surface area (Å²) >= 11 is 0. The first-order chi connectivity index (χ1) is 13.7. The second kappa shape index (κ2) is 7.96. The van der Waals surface area contributed by atoms with E-state index < -0.39 is 0 Å². The molecule has 1 N–H and O–H groups in total. The first kappa shape index (κ1) is 17.8. The first-order valence-corrected chi connectivity index (χ1v) is 9.22. The van der Waals surface area contributed by atoms with Crippen LogP contribution in [0, 0.1) is 11.3 Å². The Labute approximate surface area is 161 Å². The summed E-state index contributed by atoms with van der Waals surface area (Å²) < 4.78 is 1.60. The molecule has 3 aromatic heterocycles. The van der Waals surface area contributed by atoms with Gasteiger partial charge in [-0.3, -0.25) is 9.78 Å². The number of anilines is 1. The molecule has 28 heavy (non-hydrogen) atoms. The molecule has 1 fully saturated rings. The molecule has 0 unspecified atom stereocenters. The van der Waals surface area contributed by atoms with Gasteiger partial charge < -0.3 is 5.32 Å². The summed E-state index contributed by atoms with van der Waals surface area (Å²) in [5.74, 6) is 0.516. The second-order valence-electron chi connectivity index (χ2n) is 6.76. The van der Waals surface area contributed by atoms with Gasteiger partial charge >= 0.3 is 0 Å². The maximum atomic E-state index is 12.4. The zero-order valence-electron chi connectivity index (χ0n) is 15.2. The summed E-state index contributed by atoms with van der Waals surface area (Å²) in [5.41, 5.74) is 1.83. The second-order valence-corrected chi connectivity index (χ2v) is 6.76. The van der Waals surface area contributed by atoms with E-state index in [2.05, 4.69) is 31.4 Å². The monoisotopic (exact) mass is 373 g/mol. The number of hydrogen-bond acceptors (Lipinski definition) is 7. The lowest BCUT2D eigenvalue weighted by atomic mass is 9.91. The molecule has 0 saturated heterocycles. The van der Waals surface area contributed by atoms with Crippen LogP contribution in [0.15, 0.2) is 53.8 Å². The molecule has 0 aliphatic heterocycles. The SMILES string of the molecule is N#Cc1nccnc1NC1CCC(n2nc(-c3cccnc3)ccc2=O)CC1. The molecule has 140 valence electrons. The van der Waals surface area contributed by atoms with E-state index >= 15 is 0 Å². The molecular weight excluding hydrogens is 354 g/mol. The molecule has 8 heteroatoms. The number of pyridine rings is 1. The Morgan fingerprint density at radius 3 is 2.64 bits per heavy atom. The molecule has 0 radical (unpaired) electrons. The van der Waals surface area contributed by atoms with E-state index in [1.165, 1.54) is 6.20 Å². The van der Waals surface area contributed by atoms with Crippen LogP contribution in [0.4, 0.5) is 5.82 Å². The van der Waals surface area contributed by atoms with Gasteiger partial charge in [-0.2, -0.15) is 10.4 Å². The third kappa shape index (κ3) is 3.74. The van der Waals surface area contributed by atoms with Crippen LogP contribution < -0.4 is 10.9 Å². The van der Waals surface area contributed by atoms with Crippen LogP contribution in [0.3, 0.4) is 0 Å². The predicted octanol–water partition coefficient (Wildman–Crippen LogP) is 2.56. The van der Waals surface area contributed by atoms with Gasteiger partial charge in [0, 0.05) is 42.5 Å². The average molecular weight is 373 g/mol. The van der Waals surface area contributed by atoms with E-state index in [0.29, 0.717) is 11.5 Å². The number of nitrogens with zero attached hydrogens (tertiary/aromatic N) is 6. The fourth-order valence-corrected chi connectivity index (χ4v) is 3.54. The number of rotatable bonds is 4. The van der Waals surface area contributed by atoms with Gasteiger partial charge in [-0.15, -0.1) is 0 Å². The van der Waals surface area contributed by atoms with E-state index in [4.69, 9.17) is 5.26 Å². The number of nitrogens with one attached hydrogen (secondary N) is 1. The van der Waals surface area contributed by atoms with E-state index in [0.717, 1.165) is 36.9 Å². The normalized spacial score (nSPS) is 19.0. The van der Waals surface area contributed by atoms with Crippen molar-refractivity contribution in [1.82, 2.24) is 24.7 Å². The largest absolute Gasteiger partial charge is 0.365 e. The van der Waals surface area contributed by atoms with Crippen LogP contribution in [-0.4, -0.2) is 30.8 Å². The molecule has 8 nitrogen and oxygen atoms in total. The fraction of sp³-hybridized carbons (Fsp3) is 0.300. The fourth-order valence-electron chi connectivity index (χ4n) is 3.54. The quantitative estimate of drug-likeness (QED) is 0.748. The number of aromatic nitrogens is 5. The van der Waals surface area contributed by atoms with Crippen molar-refractivity contribution in [2.24, 2.45) is 0 Å². The van der Waals surface area contributed by atoms with Crippen molar-refractivity contribution >= 4 is 5.82 Å². The third-order valence-corrected chi connectivity index (χ3v) is 4.97. The van der Waals surface area contributed by atoms with Crippen LogP contribution >= 0.6 is 0 Å². The van der Waals surface area contributed by atoms with Gasteiger partial charge in [0.25, 0.3) is 5.56 Å². The molecule has 0 atom stereocenters. The highest BCUT2D eigenvalue weighted by atomic mass is 16.1. The Balaban J connectivity index is 1.47. The third-order valence-electron chi connectivity index (χ3n) is 4.97. The van der Waals surface area contributed by atoms with Gasteiger partial charge in [0.15, 0.2) is 11.5 Å². The molecule has 1 saturated carbocycles. The van der Waals surface area contributed by atoms with Gasteiger partial charge in [0.1, 0.15) is 6.07 Å². The first-order valence-electron chi connectivity index (χ1n) is 9.22. The van der Waals surface area contributed by atoms with E-state index in [1.54, 1.807) is 35.4 Å². The summed E-state index contributed by atoms with van der Waals surface area (Å²) in [6.07, 6.45) is 9.89. The van der Waals surface area contributed by atoms with E-state index in [1.807, 2.05) is 12.1 Å². The van der Waals surface area contributed by atoms with Crippen molar-refractivity contribution < 1.29 is 0 Å². The van der Waals surface area contributed by atoms with Gasteiger partial charge in [-0.05, 0) is 43.9 Å². The zero-order valence-corrected chi connectivity index (χ0v) is 15.2. The van der Waals surface area contributed by atoms with Crippen molar-refractivity contribution in [2.45, 2.75) is 37.8 Å². The lowest BCUT2D eigenvalue weighted by Gasteiger charge is -2.30. The van der Waals surface area contributed by atoms with Crippen LogP contribution in [0.25, 0.3) is 11.3 Å². The minimum absolute atomic E-state index is 0.0551. The van der Waals surface area contributed by atoms with Crippen molar-refractivity contribution in [1.29, 1.82) is 5.26 Å². The van der Waals surface area contributed by atoms with Gasteiger partial charge in [0.05, 0.1) is 11.7 Å². The molecule has 0 spiro atoms. The Hall–Kier alpha value is -3.60.